The van der Waals surface area contributed by atoms with Gasteiger partial charge in [-0.2, -0.15) is 13.2 Å². The minimum atomic E-state index is -4.52. The van der Waals surface area contributed by atoms with E-state index in [2.05, 4.69) is 16.0 Å². The topological polar surface area (TPSA) is 132 Å². The highest BCUT2D eigenvalue weighted by molar-refractivity contribution is 6.04. The normalized spacial score (nSPS) is 17.0. The molecule has 1 aliphatic heterocycles. The summed E-state index contributed by atoms with van der Waals surface area (Å²) in [5.74, 6) is -0.0863. The highest BCUT2D eigenvalue weighted by Crippen LogP contribution is 2.35. The largest absolute Gasteiger partial charge is 0.497 e. The number of halogens is 3. The zero-order valence-electron chi connectivity index (χ0n) is 25.7. The molecule has 0 aliphatic carbocycles. The number of carbonyl (C=O) groups excluding carboxylic acids is 3. The molecule has 11 nitrogen and oxygen atoms in total. The summed E-state index contributed by atoms with van der Waals surface area (Å²) < 4.78 is 50.4. The molecule has 4 rings (SSSR count). The van der Waals surface area contributed by atoms with Crippen LogP contribution in [-0.2, 0) is 6.18 Å². The lowest BCUT2D eigenvalue weighted by Crippen LogP contribution is -2.50. The van der Waals surface area contributed by atoms with Crippen molar-refractivity contribution in [2.45, 2.75) is 32.2 Å². The van der Waals surface area contributed by atoms with Crippen molar-refractivity contribution in [1.82, 2.24) is 9.80 Å². The first kappa shape index (κ1) is 33.9. The number of hydrogen-bond acceptors (Lipinski definition) is 6. The fourth-order valence-corrected chi connectivity index (χ4v) is 4.83. The van der Waals surface area contributed by atoms with Crippen molar-refractivity contribution >= 4 is 35.0 Å². The summed E-state index contributed by atoms with van der Waals surface area (Å²) in [4.78, 5) is 42.7. The van der Waals surface area contributed by atoms with Crippen molar-refractivity contribution in [3.8, 4) is 11.5 Å². The molecule has 46 heavy (non-hydrogen) atoms. The summed E-state index contributed by atoms with van der Waals surface area (Å²) in [7, 11) is 3.13. The number of hydrogen-bond donors (Lipinski definition) is 4. The number of para-hydroxylation sites is 1. The Bertz CT molecular complexity index is 1530. The highest BCUT2D eigenvalue weighted by atomic mass is 19.4. The van der Waals surface area contributed by atoms with Gasteiger partial charge in [0, 0.05) is 30.9 Å². The predicted octanol–water partition coefficient (Wildman–Crippen LogP) is 5.74. The van der Waals surface area contributed by atoms with E-state index in [-0.39, 0.29) is 48.3 Å². The Kier molecular flexibility index (Phi) is 10.6. The number of aliphatic hydroxyl groups is 1. The van der Waals surface area contributed by atoms with Crippen molar-refractivity contribution in [2.24, 2.45) is 5.92 Å². The standard InChI is InChI=1S/C32H36F3N5O6/c1-19-16-40(20(2)18-41)29(42)25-6-5-7-26(38-30(43)36-22-10-8-21(9-11-22)32(33,34)35)28(25)46-27(19)17-39(3)31(44)37-23-12-14-24(45-4)15-13-23/h5-15,19-20,27,41H,16-18H2,1-4H3,(H,37,44)(H2,36,38,43)/t19-,20-,27+/m0/s1. The number of rotatable bonds is 8. The Morgan fingerprint density at radius 2 is 1.67 bits per heavy atom. The van der Waals surface area contributed by atoms with Crippen LogP contribution in [0.2, 0.25) is 0 Å². The average Bonchev–Trinajstić information content (AvgIpc) is 3.02. The molecule has 3 aromatic carbocycles. The van der Waals surface area contributed by atoms with Gasteiger partial charge in [-0.05, 0) is 67.6 Å². The van der Waals surface area contributed by atoms with Crippen LogP contribution in [0.3, 0.4) is 0 Å². The number of nitrogens with zero attached hydrogens (tertiary/aromatic N) is 2. The smallest absolute Gasteiger partial charge is 0.416 e. The van der Waals surface area contributed by atoms with Crippen molar-refractivity contribution in [3.63, 3.8) is 0 Å². The molecule has 3 aromatic rings. The Labute approximate surface area is 264 Å². The van der Waals surface area contributed by atoms with E-state index in [1.807, 2.05) is 6.92 Å². The molecule has 0 aromatic heterocycles. The van der Waals surface area contributed by atoms with E-state index >= 15 is 0 Å². The summed E-state index contributed by atoms with van der Waals surface area (Å²) in [6.45, 7) is 3.56. The molecule has 4 N–H and O–H groups in total. The van der Waals surface area contributed by atoms with Crippen molar-refractivity contribution in [2.75, 3.05) is 49.8 Å². The molecule has 0 saturated carbocycles. The van der Waals surface area contributed by atoms with E-state index in [9.17, 15) is 32.7 Å². The molecule has 0 unspecified atom stereocenters. The monoisotopic (exact) mass is 643 g/mol. The molecule has 0 saturated heterocycles. The zero-order valence-corrected chi connectivity index (χ0v) is 25.7. The molecule has 1 heterocycles. The summed E-state index contributed by atoms with van der Waals surface area (Å²) in [6, 6.07) is 13.6. The maximum Gasteiger partial charge on any atom is 0.416 e. The Morgan fingerprint density at radius 3 is 2.28 bits per heavy atom. The lowest BCUT2D eigenvalue weighted by Gasteiger charge is -2.38. The third-order valence-corrected chi connectivity index (χ3v) is 7.55. The minimum Gasteiger partial charge on any atom is -0.497 e. The Balaban J connectivity index is 1.58. The molecule has 0 spiro atoms. The quantitative estimate of drug-likeness (QED) is 0.248. The van der Waals surface area contributed by atoms with Gasteiger partial charge in [0.25, 0.3) is 5.91 Å². The number of urea groups is 2. The molecular formula is C32H36F3N5O6. The maximum absolute atomic E-state index is 13.7. The van der Waals surface area contributed by atoms with Crippen LogP contribution in [0.4, 0.5) is 39.8 Å². The second kappa shape index (κ2) is 14.4. The highest BCUT2D eigenvalue weighted by Gasteiger charge is 2.35. The zero-order chi connectivity index (χ0) is 33.6. The van der Waals surface area contributed by atoms with E-state index in [1.165, 1.54) is 21.9 Å². The number of amides is 5. The number of likely N-dealkylation sites (N-methyl/N-ethyl adjacent to an activating group) is 1. The molecule has 0 fully saturated rings. The third-order valence-electron chi connectivity index (χ3n) is 7.55. The van der Waals surface area contributed by atoms with Crippen LogP contribution in [-0.4, -0.2) is 78.9 Å². The van der Waals surface area contributed by atoms with Gasteiger partial charge in [0.1, 0.15) is 11.9 Å². The Morgan fingerprint density at radius 1 is 1.04 bits per heavy atom. The predicted molar refractivity (Wildman–Crippen MR) is 166 cm³/mol. The van der Waals surface area contributed by atoms with Crippen molar-refractivity contribution in [3.05, 3.63) is 77.9 Å². The van der Waals surface area contributed by atoms with Gasteiger partial charge in [0.15, 0.2) is 5.75 Å². The minimum absolute atomic E-state index is 0.0470. The summed E-state index contributed by atoms with van der Waals surface area (Å²) in [6.07, 6.45) is -5.20. The number of nitrogens with one attached hydrogen (secondary N) is 3. The van der Waals surface area contributed by atoms with E-state index in [0.717, 1.165) is 24.3 Å². The Hall–Kier alpha value is -4.98. The molecule has 0 radical (unpaired) electrons. The first-order chi connectivity index (χ1) is 21.8. The molecule has 3 atom stereocenters. The number of fused-ring (bicyclic) bond motifs is 1. The summed E-state index contributed by atoms with van der Waals surface area (Å²) in [5.41, 5.74) is 0.0411. The van der Waals surface area contributed by atoms with E-state index in [0.29, 0.717) is 11.4 Å². The second-order valence-electron chi connectivity index (χ2n) is 11.0. The number of methoxy groups -OCH3 is 1. The van der Waals surface area contributed by atoms with Gasteiger partial charge in [-0.25, -0.2) is 9.59 Å². The summed E-state index contributed by atoms with van der Waals surface area (Å²) >= 11 is 0. The van der Waals surface area contributed by atoms with Crippen molar-refractivity contribution in [1.29, 1.82) is 0 Å². The van der Waals surface area contributed by atoms with Gasteiger partial charge in [-0.15, -0.1) is 0 Å². The van der Waals surface area contributed by atoms with Crippen LogP contribution in [0.15, 0.2) is 66.7 Å². The molecule has 0 bridgehead atoms. The van der Waals surface area contributed by atoms with Crippen LogP contribution < -0.4 is 25.4 Å². The fourth-order valence-electron chi connectivity index (χ4n) is 4.83. The summed E-state index contributed by atoms with van der Waals surface area (Å²) in [5, 5.41) is 17.8. The number of aliphatic hydroxyl groups excluding tert-OH is 1. The maximum atomic E-state index is 13.7. The van der Waals surface area contributed by atoms with Crippen LogP contribution in [0.1, 0.15) is 29.8 Å². The van der Waals surface area contributed by atoms with Gasteiger partial charge < -0.3 is 40.3 Å². The number of anilines is 3. The van der Waals surface area contributed by atoms with Gasteiger partial charge >= 0.3 is 18.2 Å². The third kappa shape index (κ3) is 8.18. The van der Waals surface area contributed by atoms with Crippen LogP contribution >= 0.6 is 0 Å². The molecular weight excluding hydrogens is 607 g/mol. The van der Waals surface area contributed by atoms with Gasteiger partial charge in [-0.1, -0.05) is 13.0 Å². The van der Waals surface area contributed by atoms with Crippen LogP contribution in [0.25, 0.3) is 0 Å². The first-order valence-electron chi connectivity index (χ1n) is 14.4. The fraction of sp³-hybridized carbons (Fsp3) is 0.344. The number of carbonyl (C=O) groups is 3. The molecule has 14 heteroatoms. The first-order valence-corrected chi connectivity index (χ1v) is 14.4. The lowest BCUT2D eigenvalue weighted by atomic mass is 9.99. The van der Waals surface area contributed by atoms with Gasteiger partial charge in [-0.3, -0.25) is 4.79 Å². The van der Waals surface area contributed by atoms with Crippen molar-refractivity contribution < 1.29 is 42.1 Å². The average molecular weight is 644 g/mol. The van der Waals surface area contributed by atoms with E-state index in [1.54, 1.807) is 51.4 Å². The second-order valence-corrected chi connectivity index (χ2v) is 11.0. The molecule has 5 amide bonds. The lowest BCUT2D eigenvalue weighted by molar-refractivity contribution is -0.137. The number of benzene rings is 3. The molecule has 1 aliphatic rings. The van der Waals surface area contributed by atoms with Gasteiger partial charge in [0.2, 0.25) is 0 Å². The molecule has 246 valence electrons. The van der Waals surface area contributed by atoms with Crippen LogP contribution in [0, 0.1) is 5.92 Å². The number of alkyl halides is 3. The van der Waals surface area contributed by atoms with Gasteiger partial charge in [0.05, 0.1) is 43.1 Å². The van der Waals surface area contributed by atoms with E-state index < -0.39 is 41.9 Å². The SMILES string of the molecule is COc1ccc(NC(=O)N(C)C[C@H]2Oc3c(NC(=O)Nc4ccc(C(F)(F)F)cc4)cccc3C(=O)N([C@@H](C)CO)C[C@@H]2C)cc1. The number of ether oxygens (including phenoxy) is 2. The van der Waals surface area contributed by atoms with E-state index in [4.69, 9.17) is 9.47 Å². The van der Waals surface area contributed by atoms with Crippen LogP contribution in [0.5, 0.6) is 11.5 Å².